The lowest BCUT2D eigenvalue weighted by Crippen LogP contribution is -2.47. The van der Waals surface area contributed by atoms with E-state index in [2.05, 4.69) is 28.1 Å². The number of piperidine rings is 1. The minimum Gasteiger partial charge on any atom is -0.495 e. The number of carbonyl (C=O) groups is 2. The highest BCUT2D eigenvalue weighted by Gasteiger charge is 2.27. The van der Waals surface area contributed by atoms with Crippen molar-refractivity contribution in [3.8, 4) is 5.75 Å². The number of amides is 2. The van der Waals surface area contributed by atoms with Crippen molar-refractivity contribution in [2.24, 2.45) is 5.92 Å². The van der Waals surface area contributed by atoms with Gasteiger partial charge in [-0.1, -0.05) is 19.1 Å². The van der Waals surface area contributed by atoms with Crippen molar-refractivity contribution >= 4 is 40.5 Å². The van der Waals surface area contributed by atoms with Crippen LogP contribution in [0.15, 0.2) is 42.5 Å². The highest BCUT2D eigenvalue weighted by atomic mass is 35.5. The molecule has 1 N–H and O–H groups in total. The van der Waals surface area contributed by atoms with Crippen LogP contribution in [0.3, 0.4) is 0 Å². The van der Waals surface area contributed by atoms with Crippen molar-refractivity contribution < 1.29 is 14.3 Å². The first-order chi connectivity index (χ1) is 17.5. The van der Waals surface area contributed by atoms with Gasteiger partial charge in [-0.05, 0) is 55.5 Å². The fourth-order valence-electron chi connectivity index (χ4n) is 4.97. The SMILES string of the molecule is COc1ccccc1N1CCN(c2ccc(NC(=O)CCCCl)cc2C(=O)N2CCC(C)CC2)CC1. The predicted molar refractivity (Wildman–Crippen MR) is 147 cm³/mol. The standard InChI is InChI=1S/C28H37ClN4O3/c1-21-11-14-33(15-12-21)28(35)23-20-22(30-27(34)8-5-13-29)9-10-24(23)31-16-18-32(19-17-31)25-6-3-4-7-26(25)36-2/h3-4,6-7,9-10,20-21H,5,8,11-19H2,1-2H3,(H,30,34). The van der Waals surface area contributed by atoms with E-state index in [1.165, 1.54) is 0 Å². The average Bonchev–Trinajstić information content (AvgIpc) is 2.92. The van der Waals surface area contributed by atoms with Crippen LogP contribution in [0.1, 0.15) is 43.0 Å². The van der Waals surface area contributed by atoms with Gasteiger partial charge in [0.15, 0.2) is 0 Å². The molecule has 0 saturated carbocycles. The molecular formula is C28H37ClN4O3. The summed E-state index contributed by atoms with van der Waals surface area (Å²) in [7, 11) is 1.70. The number of rotatable bonds is 8. The highest BCUT2D eigenvalue weighted by Crippen LogP contribution is 2.32. The van der Waals surface area contributed by atoms with Crippen molar-refractivity contribution in [3.05, 3.63) is 48.0 Å². The fourth-order valence-corrected chi connectivity index (χ4v) is 5.11. The zero-order valence-corrected chi connectivity index (χ0v) is 22.1. The maximum atomic E-state index is 13.7. The molecule has 0 atom stereocenters. The molecule has 2 aromatic carbocycles. The van der Waals surface area contributed by atoms with Crippen LogP contribution in [-0.2, 0) is 4.79 Å². The van der Waals surface area contributed by atoms with E-state index < -0.39 is 0 Å². The van der Waals surface area contributed by atoms with Gasteiger partial charge in [0.2, 0.25) is 5.91 Å². The number of likely N-dealkylation sites (tertiary alicyclic amines) is 1. The van der Waals surface area contributed by atoms with Gasteiger partial charge < -0.3 is 24.8 Å². The number of hydrogen-bond donors (Lipinski definition) is 1. The van der Waals surface area contributed by atoms with E-state index in [0.29, 0.717) is 35.9 Å². The number of nitrogens with one attached hydrogen (secondary N) is 1. The summed E-state index contributed by atoms with van der Waals surface area (Å²) < 4.78 is 5.56. The summed E-state index contributed by atoms with van der Waals surface area (Å²) in [5.74, 6) is 1.92. The number of piperazine rings is 1. The van der Waals surface area contributed by atoms with Gasteiger partial charge in [-0.25, -0.2) is 0 Å². The molecule has 8 heteroatoms. The molecule has 36 heavy (non-hydrogen) atoms. The predicted octanol–water partition coefficient (Wildman–Crippen LogP) is 4.85. The van der Waals surface area contributed by atoms with E-state index >= 15 is 0 Å². The molecule has 0 bridgehead atoms. The Morgan fingerprint density at radius 2 is 1.64 bits per heavy atom. The third kappa shape index (κ3) is 6.25. The summed E-state index contributed by atoms with van der Waals surface area (Å²) in [6.45, 7) is 7.01. The number of alkyl halides is 1. The largest absolute Gasteiger partial charge is 0.495 e. The van der Waals surface area contributed by atoms with Crippen LogP contribution in [-0.4, -0.2) is 69.0 Å². The van der Waals surface area contributed by atoms with Crippen molar-refractivity contribution in [3.63, 3.8) is 0 Å². The Morgan fingerprint density at radius 3 is 2.31 bits per heavy atom. The molecule has 2 aliphatic rings. The highest BCUT2D eigenvalue weighted by molar-refractivity contribution is 6.18. The minimum atomic E-state index is -0.0842. The van der Waals surface area contributed by atoms with E-state index in [4.69, 9.17) is 16.3 Å². The molecule has 194 valence electrons. The maximum absolute atomic E-state index is 13.7. The van der Waals surface area contributed by atoms with Gasteiger partial charge in [0.05, 0.1) is 18.4 Å². The van der Waals surface area contributed by atoms with E-state index in [9.17, 15) is 9.59 Å². The number of benzene rings is 2. The lowest BCUT2D eigenvalue weighted by molar-refractivity contribution is -0.116. The molecule has 0 spiro atoms. The van der Waals surface area contributed by atoms with Crippen molar-refractivity contribution in [2.45, 2.75) is 32.6 Å². The third-order valence-corrected chi connectivity index (χ3v) is 7.43. The summed E-state index contributed by atoms with van der Waals surface area (Å²) in [6, 6.07) is 13.8. The van der Waals surface area contributed by atoms with E-state index in [1.54, 1.807) is 7.11 Å². The van der Waals surface area contributed by atoms with Crippen LogP contribution in [0.4, 0.5) is 17.1 Å². The number of hydrogen-bond acceptors (Lipinski definition) is 5. The molecule has 0 aromatic heterocycles. The molecule has 0 aliphatic carbocycles. The summed E-state index contributed by atoms with van der Waals surface area (Å²) >= 11 is 5.74. The number of ether oxygens (including phenoxy) is 1. The normalized spacial score (nSPS) is 16.7. The van der Waals surface area contributed by atoms with Gasteiger partial charge in [0, 0.05) is 62.9 Å². The Morgan fingerprint density at radius 1 is 0.972 bits per heavy atom. The van der Waals surface area contributed by atoms with Crippen LogP contribution < -0.4 is 19.9 Å². The zero-order valence-electron chi connectivity index (χ0n) is 21.3. The smallest absolute Gasteiger partial charge is 0.256 e. The lowest BCUT2D eigenvalue weighted by atomic mass is 9.98. The van der Waals surface area contributed by atoms with E-state index in [0.717, 1.165) is 69.2 Å². The summed E-state index contributed by atoms with van der Waals surface area (Å²) in [5, 5.41) is 2.94. The molecule has 2 aliphatic heterocycles. The van der Waals surface area contributed by atoms with Crippen LogP contribution in [0.2, 0.25) is 0 Å². The first-order valence-electron chi connectivity index (χ1n) is 12.9. The Hall–Kier alpha value is -2.93. The number of para-hydroxylation sites is 2. The summed E-state index contributed by atoms with van der Waals surface area (Å²) in [4.78, 5) is 32.6. The molecule has 0 unspecified atom stereocenters. The van der Waals surface area contributed by atoms with Crippen molar-refractivity contribution in [1.82, 2.24) is 4.90 Å². The number of anilines is 3. The Balaban J connectivity index is 1.54. The second kappa shape index (κ2) is 12.3. The lowest BCUT2D eigenvalue weighted by Gasteiger charge is -2.39. The molecule has 2 heterocycles. The second-order valence-corrected chi connectivity index (χ2v) is 10.1. The maximum Gasteiger partial charge on any atom is 0.256 e. The van der Waals surface area contributed by atoms with Gasteiger partial charge in [0.25, 0.3) is 5.91 Å². The zero-order chi connectivity index (χ0) is 25.5. The monoisotopic (exact) mass is 512 g/mol. The van der Waals surface area contributed by atoms with Gasteiger partial charge in [-0.15, -0.1) is 11.6 Å². The molecule has 4 rings (SSSR count). The molecule has 2 saturated heterocycles. The fraction of sp³-hybridized carbons (Fsp3) is 0.500. The van der Waals surface area contributed by atoms with Crippen LogP contribution in [0.5, 0.6) is 5.75 Å². The van der Waals surface area contributed by atoms with Crippen LogP contribution in [0, 0.1) is 5.92 Å². The average molecular weight is 513 g/mol. The molecule has 2 fully saturated rings. The second-order valence-electron chi connectivity index (χ2n) is 9.69. The molecule has 2 amide bonds. The van der Waals surface area contributed by atoms with E-state index in [1.807, 2.05) is 41.3 Å². The quantitative estimate of drug-likeness (QED) is 0.512. The third-order valence-electron chi connectivity index (χ3n) is 7.17. The minimum absolute atomic E-state index is 0.0425. The van der Waals surface area contributed by atoms with Crippen LogP contribution >= 0.6 is 11.6 Å². The first-order valence-corrected chi connectivity index (χ1v) is 13.5. The molecule has 0 radical (unpaired) electrons. The van der Waals surface area contributed by atoms with Gasteiger partial charge >= 0.3 is 0 Å². The van der Waals surface area contributed by atoms with E-state index in [-0.39, 0.29) is 11.8 Å². The molecule has 2 aromatic rings. The Labute approximate surface area is 219 Å². The first kappa shape index (κ1) is 26.1. The number of methoxy groups -OCH3 is 1. The number of nitrogens with zero attached hydrogens (tertiary/aromatic N) is 3. The Kier molecular flexibility index (Phi) is 8.97. The number of halogens is 1. The Bertz CT molecular complexity index is 1050. The van der Waals surface area contributed by atoms with Gasteiger partial charge in [-0.2, -0.15) is 0 Å². The van der Waals surface area contributed by atoms with Gasteiger partial charge in [-0.3, -0.25) is 9.59 Å². The molecule has 7 nitrogen and oxygen atoms in total. The summed E-state index contributed by atoms with van der Waals surface area (Å²) in [5.41, 5.74) is 3.33. The van der Waals surface area contributed by atoms with Gasteiger partial charge in [0.1, 0.15) is 5.75 Å². The van der Waals surface area contributed by atoms with Crippen molar-refractivity contribution in [1.29, 1.82) is 0 Å². The van der Waals surface area contributed by atoms with Crippen molar-refractivity contribution in [2.75, 3.05) is 67.4 Å². The van der Waals surface area contributed by atoms with Crippen LogP contribution in [0.25, 0.3) is 0 Å². The summed E-state index contributed by atoms with van der Waals surface area (Å²) in [6.07, 6.45) is 3.03. The molecular weight excluding hydrogens is 476 g/mol. The topological polar surface area (TPSA) is 65.1 Å². The number of carbonyl (C=O) groups excluding carboxylic acids is 2.